The molecule has 1 aliphatic rings. The summed E-state index contributed by atoms with van der Waals surface area (Å²) in [5.41, 5.74) is 4.10. The first kappa shape index (κ1) is 11.3. The number of hydrogen-bond donors (Lipinski definition) is 1. The lowest BCUT2D eigenvalue weighted by molar-refractivity contribution is 0.409. The summed E-state index contributed by atoms with van der Waals surface area (Å²) < 4.78 is 5.30. The minimum Gasteiger partial charge on any atom is -0.497 e. The molecule has 3 heteroatoms. The number of rotatable bonds is 3. The molecule has 0 saturated heterocycles. The zero-order chi connectivity index (χ0) is 12.4. The Kier molecular flexibility index (Phi) is 3.05. The number of nitrogens with one attached hydrogen (secondary N) is 1. The van der Waals surface area contributed by atoms with Crippen LogP contribution in [0.1, 0.15) is 23.2 Å². The monoisotopic (exact) mass is 242 g/mol. The minimum absolute atomic E-state index is 0.702. The molecular formula is C15H18N2O. The topological polar surface area (TPSA) is 37.9 Å². The average Bonchev–Trinajstić information content (AvgIpc) is 2.90. The Morgan fingerprint density at radius 1 is 1.39 bits per heavy atom. The molecule has 1 aromatic carbocycles. The molecular weight excluding hydrogens is 224 g/mol. The first-order valence-corrected chi connectivity index (χ1v) is 6.48. The molecule has 1 aromatic heterocycles. The maximum atomic E-state index is 5.30. The summed E-state index contributed by atoms with van der Waals surface area (Å²) in [5, 5.41) is 0. The number of methoxy groups -OCH3 is 1. The zero-order valence-electron chi connectivity index (χ0n) is 10.6. The van der Waals surface area contributed by atoms with Gasteiger partial charge in [-0.25, -0.2) is 4.98 Å². The third-order valence-electron chi connectivity index (χ3n) is 3.80. The molecule has 0 spiro atoms. The van der Waals surface area contributed by atoms with Gasteiger partial charge in [0.1, 0.15) is 5.75 Å². The van der Waals surface area contributed by atoms with Gasteiger partial charge >= 0.3 is 0 Å². The molecule has 0 radical (unpaired) electrons. The number of fused-ring (bicyclic) bond motifs is 1. The van der Waals surface area contributed by atoms with Crippen LogP contribution in [0, 0.1) is 5.92 Å². The molecule has 0 amide bonds. The van der Waals surface area contributed by atoms with Crippen LogP contribution in [0.4, 0.5) is 0 Å². The van der Waals surface area contributed by atoms with Crippen molar-refractivity contribution >= 4 is 0 Å². The summed E-state index contributed by atoms with van der Waals surface area (Å²) >= 11 is 0. The summed E-state index contributed by atoms with van der Waals surface area (Å²) in [6.07, 6.45) is 8.40. The molecule has 0 aliphatic heterocycles. The van der Waals surface area contributed by atoms with E-state index in [1.165, 1.54) is 29.7 Å². The van der Waals surface area contributed by atoms with Gasteiger partial charge in [0.05, 0.1) is 19.1 Å². The molecule has 1 unspecified atom stereocenters. The number of ether oxygens (including phenoxy) is 1. The second-order valence-electron chi connectivity index (χ2n) is 5.01. The molecule has 1 aliphatic carbocycles. The fraction of sp³-hybridized carbons (Fsp3) is 0.400. The molecule has 0 bridgehead atoms. The summed E-state index contributed by atoms with van der Waals surface area (Å²) in [5.74, 6) is 1.67. The van der Waals surface area contributed by atoms with Gasteiger partial charge in [0.15, 0.2) is 0 Å². The number of aryl methyl sites for hydroxylation is 1. The van der Waals surface area contributed by atoms with Crippen LogP contribution in [0.15, 0.2) is 30.7 Å². The summed E-state index contributed by atoms with van der Waals surface area (Å²) in [4.78, 5) is 7.35. The van der Waals surface area contributed by atoms with Crippen LogP contribution in [-0.4, -0.2) is 17.1 Å². The number of aromatic nitrogens is 2. The van der Waals surface area contributed by atoms with Crippen molar-refractivity contribution in [2.24, 2.45) is 5.92 Å². The van der Waals surface area contributed by atoms with Gasteiger partial charge in [-0.1, -0.05) is 6.07 Å². The molecule has 94 valence electrons. The van der Waals surface area contributed by atoms with Crippen molar-refractivity contribution in [3.8, 4) is 5.75 Å². The molecule has 1 N–H and O–H groups in total. The van der Waals surface area contributed by atoms with E-state index in [0.717, 1.165) is 18.6 Å². The Balaban J connectivity index is 1.75. The second-order valence-corrected chi connectivity index (χ2v) is 5.01. The normalized spacial score (nSPS) is 18.4. The standard InChI is InChI=1S/C15H18N2O/c1-18-15-5-4-12-3-2-11(6-13(12)8-15)7-14-9-16-10-17-14/h4-5,8-11H,2-3,6-7H2,1H3,(H,16,17). The Hall–Kier alpha value is -1.77. The van der Waals surface area contributed by atoms with Crippen molar-refractivity contribution in [3.63, 3.8) is 0 Å². The third-order valence-corrected chi connectivity index (χ3v) is 3.80. The first-order chi connectivity index (χ1) is 8.85. The van der Waals surface area contributed by atoms with E-state index in [1.807, 2.05) is 6.20 Å². The Morgan fingerprint density at radius 3 is 3.11 bits per heavy atom. The molecule has 3 nitrogen and oxygen atoms in total. The molecule has 18 heavy (non-hydrogen) atoms. The van der Waals surface area contributed by atoms with Crippen molar-refractivity contribution < 1.29 is 4.74 Å². The number of aromatic amines is 1. The van der Waals surface area contributed by atoms with Crippen molar-refractivity contribution in [1.82, 2.24) is 9.97 Å². The van der Waals surface area contributed by atoms with Gasteiger partial charge in [0, 0.05) is 6.20 Å². The lowest BCUT2D eigenvalue weighted by Crippen LogP contribution is -2.16. The van der Waals surface area contributed by atoms with Gasteiger partial charge in [-0.3, -0.25) is 0 Å². The average molecular weight is 242 g/mol. The van der Waals surface area contributed by atoms with E-state index in [-0.39, 0.29) is 0 Å². The fourth-order valence-electron chi connectivity index (χ4n) is 2.81. The van der Waals surface area contributed by atoms with Crippen LogP contribution < -0.4 is 4.74 Å². The number of hydrogen-bond acceptors (Lipinski definition) is 2. The summed E-state index contributed by atoms with van der Waals surface area (Å²) in [7, 11) is 1.73. The summed E-state index contributed by atoms with van der Waals surface area (Å²) in [6, 6.07) is 6.46. The van der Waals surface area contributed by atoms with Crippen molar-refractivity contribution in [3.05, 3.63) is 47.5 Å². The maximum absolute atomic E-state index is 5.30. The maximum Gasteiger partial charge on any atom is 0.119 e. The van der Waals surface area contributed by atoms with E-state index in [9.17, 15) is 0 Å². The number of benzene rings is 1. The van der Waals surface area contributed by atoms with Crippen LogP contribution in [0.25, 0.3) is 0 Å². The molecule has 0 saturated carbocycles. The zero-order valence-corrected chi connectivity index (χ0v) is 10.6. The highest BCUT2D eigenvalue weighted by atomic mass is 16.5. The van der Waals surface area contributed by atoms with Gasteiger partial charge in [0.2, 0.25) is 0 Å². The highest BCUT2D eigenvalue weighted by molar-refractivity contribution is 5.37. The van der Waals surface area contributed by atoms with Gasteiger partial charge in [-0.2, -0.15) is 0 Å². The third kappa shape index (κ3) is 2.26. The van der Waals surface area contributed by atoms with Crippen molar-refractivity contribution in [2.45, 2.75) is 25.7 Å². The second kappa shape index (κ2) is 4.84. The van der Waals surface area contributed by atoms with E-state index in [2.05, 4.69) is 28.2 Å². The largest absolute Gasteiger partial charge is 0.497 e. The van der Waals surface area contributed by atoms with E-state index in [4.69, 9.17) is 4.74 Å². The van der Waals surface area contributed by atoms with Crippen LogP contribution in [0.3, 0.4) is 0 Å². The van der Waals surface area contributed by atoms with E-state index >= 15 is 0 Å². The van der Waals surface area contributed by atoms with Crippen LogP contribution in [0.2, 0.25) is 0 Å². The van der Waals surface area contributed by atoms with Crippen LogP contribution in [0.5, 0.6) is 5.75 Å². The van der Waals surface area contributed by atoms with E-state index in [0.29, 0.717) is 5.92 Å². The van der Waals surface area contributed by atoms with Crippen LogP contribution >= 0.6 is 0 Å². The van der Waals surface area contributed by atoms with E-state index < -0.39 is 0 Å². The smallest absolute Gasteiger partial charge is 0.119 e. The summed E-state index contributed by atoms with van der Waals surface area (Å²) in [6.45, 7) is 0. The van der Waals surface area contributed by atoms with Gasteiger partial charge in [-0.05, 0) is 54.9 Å². The van der Waals surface area contributed by atoms with Gasteiger partial charge in [0.25, 0.3) is 0 Å². The lowest BCUT2D eigenvalue weighted by atomic mass is 9.81. The lowest BCUT2D eigenvalue weighted by Gasteiger charge is -2.24. The number of H-pyrrole nitrogens is 1. The molecule has 1 atom stereocenters. The van der Waals surface area contributed by atoms with Gasteiger partial charge < -0.3 is 9.72 Å². The Bertz CT molecular complexity index is 519. The fourth-order valence-corrected chi connectivity index (χ4v) is 2.81. The van der Waals surface area contributed by atoms with E-state index in [1.54, 1.807) is 13.4 Å². The SMILES string of the molecule is COc1ccc2c(c1)CC(Cc1c[nH]cn1)CC2. The molecule has 2 aromatic rings. The first-order valence-electron chi connectivity index (χ1n) is 6.48. The predicted octanol–water partition coefficient (Wildman–Crippen LogP) is 2.77. The van der Waals surface area contributed by atoms with Crippen LogP contribution in [-0.2, 0) is 19.3 Å². The van der Waals surface area contributed by atoms with Gasteiger partial charge in [-0.15, -0.1) is 0 Å². The Labute approximate surface area is 107 Å². The quantitative estimate of drug-likeness (QED) is 0.898. The number of imidazole rings is 1. The highest BCUT2D eigenvalue weighted by Gasteiger charge is 2.19. The highest BCUT2D eigenvalue weighted by Crippen LogP contribution is 2.30. The molecule has 3 rings (SSSR count). The predicted molar refractivity (Wildman–Crippen MR) is 70.8 cm³/mol. The van der Waals surface area contributed by atoms with Crippen molar-refractivity contribution in [1.29, 1.82) is 0 Å². The molecule has 0 fully saturated rings. The molecule has 1 heterocycles. The van der Waals surface area contributed by atoms with Crippen molar-refractivity contribution in [2.75, 3.05) is 7.11 Å². The Morgan fingerprint density at radius 2 is 2.33 bits per heavy atom. The number of nitrogens with zero attached hydrogens (tertiary/aromatic N) is 1. The minimum atomic E-state index is 0.702.